The van der Waals surface area contributed by atoms with Gasteiger partial charge in [0.15, 0.2) is 11.6 Å². The first kappa shape index (κ1) is 35.6. The fourth-order valence-electron chi connectivity index (χ4n) is 9.51. The molecule has 0 saturated carbocycles. The highest BCUT2D eigenvalue weighted by Crippen LogP contribution is 2.46. The van der Waals surface area contributed by atoms with Gasteiger partial charge in [-0.15, -0.1) is 11.3 Å². The Morgan fingerprint density at radius 1 is 0.317 bits per heavy atom. The summed E-state index contributed by atoms with van der Waals surface area (Å²) < 4.78 is 7.30. The van der Waals surface area contributed by atoms with Gasteiger partial charge in [-0.2, -0.15) is 9.97 Å². The van der Waals surface area contributed by atoms with E-state index in [1.165, 1.54) is 36.7 Å². The average molecular weight is 822 g/mol. The molecule has 13 rings (SSSR count). The minimum atomic E-state index is 0.560. The summed E-state index contributed by atoms with van der Waals surface area (Å²) in [6.07, 6.45) is 0. The molecular formula is C57H35N5S. The summed E-state index contributed by atoms with van der Waals surface area (Å²) in [5.74, 6) is 1.78. The van der Waals surface area contributed by atoms with E-state index in [-0.39, 0.29) is 0 Å². The van der Waals surface area contributed by atoms with Crippen molar-refractivity contribution < 1.29 is 0 Å². The van der Waals surface area contributed by atoms with Gasteiger partial charge in [0.25, 0.3) is 0 Å². The van der Waals surface area contributed by atoms with Gasteiger partial charge in [0.05, 0.1) is 32.5 Å². The van der Waals surface area contributed by atoms with Crippen molar-refractivity contribution >= 4 is 75.1 Å². The monoisotopic (exact) mass is 821 g/mol. The minimum Gasteiger partial charge on any atom is -0.306 e. The number of fused-ring (bicyclic) bond motifs is 10. The van der Waals surface area contributed by atoms with E-state index in [2.05, 4.69) is 197 Å². The van der Waals surface area contributed by atoms with Crippen molar-refractivity contribution in [2.24, 2.45) is 0 Å². The number of para-hydroxylation sites is 2. The number of rotatable bonds is 6. The second-order valence-corrected chi connectivity index (χ2v) is 17.0. The fraction of sp³-hybridized carbons (Fsp3) is 0. The highest BCUT2D eigenvalue weighted by atomic mass is 32.1. The van der Waals surface area contributed by atoms with Gasteiger partial charge in [0, 0.05) is 48.1 Å². The van der Waals surface area contributed by atoms with E-state index in [4.69, 9.17) is 15.0 Å². The smallest absolute Gasteiger partial charge is 0.238 e. The first-order valence-electron chi connectivity index (χ1n) is 21.2. The Morgan fingerprint density at radius 3 is 1.51 bits per heavy atom. The molecule has 0 saturated heterocycles. The summed E-state index contributed by atoms with van der Waals surface area (Å²) in [7, 11) is 0. The molecule has 0 bridgehead atoms. The molecule has 4 heterocycles. The van der Waals surface area contributed by atoms with E-state index in [1.807, 2.05) is 35.6 Å². The van der Waals surface area contributed by atoms with Gasteiger partial charge in [0.1, 0.15) is 0 Å². The third-order valence-electron chi connectivity index (χ3n) is 12.4. The number of nitrogens with zero attached hydrogens (tertiary/aromatic N) is 5. The van der Waals surface area contributed by atoms with Crippen LogP contribution in [0.4, 0.5) is 0 Å². The van der Waals surface area contributed by atoms with E-state index in [0.717, 1.165) is 66.2 Å². The summed E-state index contributed by atoms with van der Waals surface area (Å²) >= 11 is 1.86. The van der Waals surface area contributed by atoms with Crippen LogP contribution in [0.15, 0.2) is 212 Å². The van der Waals surface area contributed by atoms with Crippen molar-refractivity contribution in [3.05, 3.63) is 212 Å². The Balaban J connectivity index is 1.17. The second kappa shape index (κ2) is 14.2. The van der Waals surface area contributed by atoms with Crippen molar-refractivity contribution in [3.8, 4) is 56.7 Å². The Labute approximate surface area is 366 Å². The molecule has 0 unspecified atom stereocenters. The molecule has 9 aromatic carbocycles. The van der Waals surface area contributed by atoms with Crippen LogP contribution in [0.2, 0.25) is 0 Å². The van der Waals surface area contributed by atoms with E-state index >= 15 is 0 Å². The van der Waals surface area contributed by atoms with E-state index in [1.54, 1.807) is 0 Å². The first-order valence-corrected chi connectivity index (χ1v) is 22.0. The van der Waals surface area contributed by atoms with E-state index < -0.39 is 0 Å². The predicted molar refractivity (Wildman–Crippen MR) is 263 cm³/mol. The van der Waals surface area contributed by atoms with Gasteiger partial charge >= 0.3 is 0 Å². The number of aromatic nitrogens is 5. The molecule has 4 aromatic heterocycles. The molecule has 0 atom stereocenters. The maximum atomic E-state index is 5.44. The average Bonchev–Trinajstić information content (AvgIpc) is 4.02. The minimum absolute atomic E-state index is 0.560. The van der Waals surface area contributed by atoms with Crippen LogP contribution in [-0.4, -0.2) is 24.1 Å². The van der Waals surface area contributed by atoms with Gasteiger partial charge in [-0.05, 0) is 58.7 Å². The van der Waals surface area contributed by atoms with Crippen LogP contribution in [-0.2, 0) is 0 Å². The Kier molecular flexibility index (Phi) is 8.01. The summed E-state index contributed by atoms with van der Waals surface area (Å²) in [4.78, 5) is 16.0. The molecule has 6 heteroatoms. The zero-order valence-electron chi connectivity index (χ0n) is 33.9. The summed E-state index contributed by atoms with van der Waals surface area (Å²) in [6, 6.07) is 75.6. The van der Waals surface area contributed by atoms with Gasteiger partial charge < -0.3 is 4.57 Å². The third kappa shape index (κ3) is 5.66. The lowest BCUT2D eigenvalue weighted by Gasteiger charge is -2.15. The maximum absolute atomic E-state index is 5.44. The maximum Gasteiger partial charge on any atom is 0.238 e. The third-order valence-corrected chi connectivity index (χ3v) is 13.6. The fourth-order valence-corrected chi connectivity index (χ4v) is 10.7. The molecule has 63 heavy (non-hydrogen) atoms. The van der Waals surface area contributed by atoms with E-state index in [0.29, 0.717) is 17.6 Å². The highest BCUT2D eigenvalue weighted by Gasteiger charge is 2.25. The van der Waals surface area contributed by atoms with Gasteiger partial charge in [-0.3, -0.25) is 4.57 Å². The Hall–Kier alpha value is -8.19. The molecular weight excluding hydrogens is 787 g/mol. The van der Waals surface area contributed by atoms with Gasteiger partial charge in [0.2, 0.25) is 5.95 Å². The molecule has 0 aliphatic carbocycles. The summed E-state index contributed by atoms with van der Waals surface area (Å²) in [5.41, 5.74) is 11.9. The molecule has 0 amide bonds. The zero-order valence-corrected chi connectivity index (χ0v) is 34.7. The molecule has 0 radical (unpaired) electrons. The number of hydrogen-bond acceptors (Lipinski definition) is 4. The van der Waals surface area contributed by atoms with Crippen LogP contribution in [0.1, 0.15) is 0 Å². The first-order chi connectivity index (χ1) is 31.2. The molecule has 0 N–H and O–H groups in total. The molecule has 294 valence electrons. The lowest BCUT2D eigenvalue weighted by atomic mass is 10.0. The Morgan fingerprint density at radius 2 is 0.825 bits per heavy atom. The largest absolute Gasteiger partial charge is 0.306 e. The van der Waals surface area contributed by atoms with Crippen molar-refractivity contribution in [2.75, 3.05) is 0 Å². The SMILES string of the molecule is c1ccc(-c2cccc(-c3nc(-c4ccccc4)nc(-n4c5ccccc5c5ccc6c7ccccc7n(-c7cc(-c8ccccc8)cc8c7sc7ccccc78)c6c54)n3)c2)cc1. The van der Waals surface area contributed by atoms with E-state index in [9.17, 15) is 0 Å². The topological polar surface area (TPSA) is 48.5 Å². The van der Waals surface area contributed by atoms with Gasteiger partial charge in [-0.25, -0.2) is 4.98 Å². The summed E-state index contributed by atoms with van der Waals surface area (Å²) in [5, 5.41) is 7.12. The standard InChI is InChI=1S/C57H35N5S/c1-4-17-36(18-5-1)39-23-16-24-40(33-39)56-58-55(38-21-8-3-9-22-38)59-57(60-56)62-49-29-14-11-26-43(49)46-32-31-45-42-25-10-13-28-48(42)61(52(45)53(46)62)50-35-41(37-19-6-2-7-20-37)34-47-44-27-12-15-30-51(44)63-54(47)50/h1-35H. The van der Waals surface area contributed by atoms with Crippen molar-refractivity contribution in [1.29, 1.82) is 0 Å². The van der Waals surface area contributed by atoms with Crippen LogP contribution in [0.25, 0.3) is 120 Å². The van der Waals surface area contributed by atoms with Crippen LogP contribution >= 0.6 is 11.3 Å². The molecule has 0 aliphatic rings. The van der Waals surface area contributed by atoms with Crippen molar-refractivity contribution in [2.45, 2.75) is 0 Å². The molecule has 0 spiro atoms. The van der Waals surface area contributed by atoms with Crippen LogP contribution in [0.5, 0.6) is 0 Å². The highest BCUT2D eigenvalue weighted by molar-refractivity contribution is 7.26. The molecule has 13 aromatic rings. The normalized spacial score (nSPS) is 11.8. The number of hydrogen-bond donors (Lipinski definition) is 0. The number of thiophene rings is 1. The molecule has 5 nitrogen and oxygen atoms in total. The molecule has 0 aliphatic heterocycles. The lowest BCUT2D eigenvalue weighted by molar-refractivity contribution is 0.953. The predicted octanol–water partition coefficient (Wildman–Crippen LogP) is 15.1. The quantitative estimate of drug-likeness (QED) is 0.168. The van der Waals surface area contributed by atoms with Gasteiger partial charge in [-0.1, -0.05) is 176 Å². The number of benzene rings is 9. The van der Waals surface area contributed by atoms with Crippen molar-refractivity contribution in [1.82, 2.24) is 24.1 Å². The van der Waals surface area contributed by atoms with Crippen LogP contribution in [0, 0.1) is 0 Å². The van der Waals surface area contributed by atoms with Crippen molar-refractivity contribution in [3.63, 3.8) is 0 Å². The zero-order chi connectivity index (χ0) is 41.4. The second-order valence-electron chi connectivity index (χ2n) is 16.0. The van der Waals surface area contributed by atoms with Crippen LogP contribution in [0.3, 0.4) is 0 Å². The van der Waals surface area contributed by atoms with Crippen LogP contribution < -0.4 is 0 Å². The summed E-state index contributed by atoms with van der Waals surface area (Å²) in [6.45, 7) is 0. The molecule has 0 fully saturated rings. The Bertz CT molecular complexity index is 3900. The lowest BCUT2D eigenvalue weighted by Crippen LogP contribution is -2.07.